The van der Waals surface area contributed by atoms with Crippen molar-refractivity contribution in [1.82, 2.24) is 4.90 Å². The largest absolute Gasteiger partial charge is 0.452 e. The van der Waals surface area contributed by atoms with Crippen molar-refractivity contribution in [3.63, 3.8) is 0 Å². The first-order valence-corrected chi connectivity index (χ1v) is 7.36. The molecule has 1 fully saturated rings. The Hall–Kier alpha value is -1.85. The highest BCUT2D eigenvalue weighted by Gasteiger charge is 2.26. The summed E-state index contributed by atoms with van der Waals surface area (Å²) in [5.74, 6) is -1.43. The van der Waals surface area contributed by atoms with Gasteiger partial charge in [0.25, 0.3) is 5.91 Å². The molecule has 1 saturated heterocycles. The number of rotatable bonds is 4. The van der Waals surface area contributed by atoms with Gasteiger partial charge in [-0.05, 0) is 30.2 Å². The number of ether oxygens (including phenoxy) is 1. The van der Waals surface area contributed by atoms with Crippen LogP contribution in [0, 0.1) is 0 Å². The van der Waals surface area contributed by atoms with E-state index in [4.69, 9.17) is 27.9 Å². The third-order valence-electron chi connectivity index (χ3n) is 3.07. The van der Waals surface area contributed by atoms with Crippen molar-refractivity contribution < 1.29 is 19.1 Å². The third kappa shape index (κ3) is 4.32. The molecule has 5 nitrogen and oxygen atoms in total. The zero-order valence-electron chi connectivity index (χ0n) is 11.6. The van der Waals surface area contributed by atoms with Gasteiger partial charge in [0.1, 0.15) is 0 Å². The van der Waals surface area contributed by atoms with Crippen LogP contribution in [-0.4, -0.2) is 35.8 Å². The number of nitrogens with zero attached hydrogens (tertiary/aromatic N) is 1. The summed E-state index contributed by atoms with van der Waals surface area (Å²) in [6.45, 7) is -0.0747. The minimum atomic E-state index is -0.689. The summed E-state index contributed by atoms with van der Waals surface area (Å²) in [7, 11) is 0. The fourth-order valence-corrected chi connectivity index (χ4v) is 2.44. The van der Waals surface area contributed by atoms with Crippen molar-refractivity contribution in [1.29, 1.82) is 0 Å². The lowest BCUT2D eigenvalue weighted by Gasteiger charge is -2.12. The molecule has 1 aliphatic rings. The van der Waals surface area contributed by atoms with Crippen LogP contribution in [0.2, 0.25) is 10.0 Å². The SMILES string of the molecule is O=C(/C=C/c1ccc(Cl)cc1Cl)OCC(=O)N1CCCC1=O. The van der Waals surface area contributed by atoms with E-state index in [1.807, 2.05) is 0 Å². The monoisotopic (exact) mass is 341 g/mol. The lowest BCUT2D eigenvalue weighted by atomic mass is 10.2. The van der Waals surface area contributed by atoms with Gasteiger partial charge >= 0.3 is 5.97 Å². The maximum absolute atomic E-state index is 11.7. The van der Waals surface area contributed by atoms with Crippen LogP contribution in [0.4, 0.5) is 0 Å². The fourth-order valence-electron chi connectivity index (χ4n) is 1.97. The van der Waals surface area contributed by atoms with Crippen LogP contribution >= 0.6 is 23.2 Å². The predicted molar refractivity (Wildman–Crippen MR) is 82.4 cm³/mol. The number of carbonyl (C=O) groups excluding carboxylic acids is 3. The van der Waals surface area contributed by atoms with E-state index in [9.17, 15) is 14.4 Å². The van der Waals surface area contributed by atoms with Gasteiger partial charge in [-0.1, -0.05) is 29.3 Å². The Morgan fingerprint density at radius 1 is 1.32 bits per heavy atom. The number of likely N-dealkylation sites (tertiary alicyclic amines) is 1. The van der Waals surface area contributed by atoms with E-state index < -0.39 is 18.5 Å². The van der Waals surface area contributed by atoms with Crippen molar-refractivity contribution in [3.8, 4) is 0 Å². The average Bonchev–Trinajstić information content (AvgIpc) is 2.90. The van der Waals surface area contributed by atoms with Gasteiger partial charge in [0, 0.05) is 29.1 Å². The molecule has 1 aromatic rings. The zero-order valence-corrected chi connectivity index (χ0v) is 13.1. The van der Waals surface area contributed by atoms with Crippen LogP contribution in [0.3, 0.4) is 0 Å². The quantitative estimate of drug-likeness (QED) is 0.623. The number of hydrogen-bond donors (Lipinski definition) is 0. The van der Waals surface area contributed by atoms with Crippen molar-refractivity contribution >= 4 is 47.1 Å². The van der Waals surface area contributed by atoms with Gasteiger partial charge in [0.05, 0.1) is 0 Å². The summed E-state index contributed by atoms with van der Waals surface area (Å²) < 4.78 is 4.81. The van der Waals surface area contributed by atoms with Gasteiger partial charge in [0.15, 0.2) is 6.61 Å². The summed E-state index contributed by atoms with van der Waals surface area (Å²) in [6, 6.07) is 4.85. The normalized spacial score (nSPS) is 14.6. The Morgan fingerprint density at radius 2 is 2.09 bits per heavy atom. The van der Waals surface area contributed by atoms with Crippen molar-refractivity contribution in [3.05, 3.63) is 39.9 Å². The molecule has 2 rings (SSSR count). The lowest BCUT2D eigenvalue weighted by Crippen LogP contribution is -2.35. The Labute approximate surface area is 137 Å². The molecule has 0 saturated carbocycles. The van der Waals surface area contributed by atoms with Gasteiger partial charge in [-0.3, -0.25) is 14.5 Å². The van der Waals surface area contributed by atoms with E-state index in [2.05, 4.69) is 0 Å². The number of carbonyl (C=O) groups is 3. The van der Waals surface area contributed by atoms with Crippen LogP contribution in [0.25, 0.3) is 6.08 Å². The smallest absolute Gasteiger partial charge is 0.331 e. The molecule has 0 unspecified atom stereocenters. The molecule has 22 heavy (non-hydrogen) atoms. The topological polar surface area (TPSA) is 63.7 Å². The Kier molecular flexibility index (Phi) is 5.57. The number of imide groups is 1. The molecule has 0 radical (unpaired) electrons. The average molecular weight is 342 g/mol. The fraction of sp³-hybridized carbons (Fsp3) is 0.267. The molecule has 1 aromatic carbocycles. The van der Waals surface area contributed by atoms with Gasteiger partial charge in [0.2, 0.25) is 5.91 Å². The van der Waals surface area contributed by atoms with Gasteiger partial charge in [-0.2, -0.15) is 0 Å². The minimum Gasteiger partial charge on any atom is -0.452 e. The second-order valence-electron chi connectivity index (χ2n) is 4.65. The third-order valence-corrected chi connectivity index (χ3v) is 3.64. The highest BCUT2D eigenvalue weighted by atomic mass is 35.5. The number of benzene rings is 1. The summed E-state index contributed by atoms with van der Waals surface area (Å²) in [6.07, 6.45) is 3.63. The van der Waals surface area contributed by atoms with Gasteiger partial charge < -0.3 is 4.74 Å². The molecule has 7 heteroatoms. The predicted octanol–water partition coefficient (Wildman–Crippen LogP) is 2.70. The highest BCUT2D eigenvalue weighted by Crippen LogP contribution is 2.21. The second-order valence-corrected chi connectivity index (χ2v) is 5.49. The number of amides is 2. The number of esters is 1. The Bertz CT molecular complexity index is 642. The molecule has 0 spiro atoms. The van der Waals surface area contributed by atoms with Gasteiger partial charge in [-0.15, -0.1) is 0 Å². The number of hydrogen-bond acceptors (Lipinski definition) is 4. The summed E-state index contributed by atoms with van der Waals surface area (Å²) in [5.41, 5.74) is 0.601. The molecule has 0 aliphatic carbocycles. The maximum Gasteiger partial charge on any atom is 0.331 e. The van der Waals surface area contributed by atoms with E-state index in [0.29, 0.717) is 35.0 Å². The molecular weight excluding hydrogens is 329 g/mol. The molecule has 0 aromatic heterocycles. The summed E-state index contributed by atoms with van der Waals surface area (Å²) >= 11 is 11.7. The van der Waals surface area contributed by atoms with E-state index in [-0.39, 0.29) is 5.91 Å². The minimum absolute atomic E-state index is 0.232. The van der Waals surface area contributed by atoms with Crippen molar-refractivity contribution in [2.45, 2.75) is 12.8 Å². The summed E-state index contributed by atoms with van der Waals surface area (Å²) in [5, 5.41) is 0.890. The molecule has 2 amide bonds. The van der Waals surface area contributed by atoms with Crippen molar-refractivity contribution in [2.24, 2.45) is 0 Å². The standard InChI is InChI=1S/C15H13Cl2NO4/c16-11-5-3-10(12(17)8-11)4-6-15(21)22-9-14(20)18-7-1-2-13(18)19/h3-6,8H,1-2,7,9H2/b6-4+. The molecule has 0 atom stereocenters. The molecule has 116 valence electrons. The Balaban J connectivity index is 1.86. The first-order chi connectivity index (χ1) is 10.5. The number of halogens is 2. The molecule has 0 N–H and O–H groups in total. The van der Waals surface area contributed by atoms with Crippen LogP contribution in [0.15, 0.2) is 24.3 Å². The van der Waals surface area contributed by atoms with Crippen molar-refractivity contribution in [2.75, 3.05) is 13.2 Å². The molecular formula is C15H13Cl2NO4. The first kappa shape index (κ1) is 16.5. The summed E-state index contributed by atoms with van der Waals surface area (Å²) in [4.78, 5) is 35.7. The highest BCUT2D eigenvalue weighted by molar-refractivity contribution is 6.35. The van der Waals surface area contributed by atoms with Crippen LogP contribution in [0.5, 0.6) is 0 Å². The van der Waals surface area contributed by atoms with Crippen LogP contribution < -0.4 is 0 Å². The zero-order chi connectivity index (χ0) is 16.1. The van der Waals surface area contributed by atoms with Gasteiger partial charge in [-0.25, -0.2) is 4.79 Å². The molecule has 1 aliphatic heterocycles. The molecule has 1 heterocycles. The van der Waals surface area contributed by atoms with Crippen LogP contribution in [-0.2, 0) is 19.1 Å². The second kappa shape index (κ2) is 7.42. The van der Waals surface area contributed by atoms with E-state index in [0.717, 1.165) is 11.0 Å². The van der Waals surface area contributed by atoms with E-state index in [1.165, 1.54) is 6.08 Å². The maximum atomic E-state index is 11.7. The molecule has 0 bridgehead atoms. The lowest BCUT2D eigenvalue weighted by molar-refractivity contribution is -0.151. The van der Waals surface area contributed by atoms with E-state index >= 15 is 0 Å². The van der Waals surface area contributed by atoms with E-state index in [1.54, 1.807) is 18.2 Å². The van der Waals surface area contributed by atoms with Crippen LogP contribution in [0.1, 0.15) is 18.4 Å². The Morgan fingerprint density at radius 3 is 2.73 bits per heavy atom. The first-order valence-electron chi connectivity index (χ1n) is 6.60.